The highest BCUT2D eigenvalue weighted by Crippen LogP contribution is 2.34. The first kappa shape index (κ1) is 12.4. The van der Waals surface area contributed by atoms with Gasteiger partial charge in [-0.25, -0.2) is 0 Å². The van der Waals surface area contributed by atoms with E-state index in [2.05, 4.69) is 18.3 Å². The summed E-state index contributed by atoms with van der Waals surface area (Å²) in [6.07, 6.45) is 6.32. The van der Waals surface area contributed by atoms with Crippen molar-refractivity contribution in [1.82, 2.24) is 5.32 Å². The van der Waals surface area contributed by atoms with Crippen molar-refractivity contribution in [1.29, 1.82) is 0 Å². The quantitative estimate of drug-likeness (QED) is 0.758. The lowest BCUT2D eigenvalue weighted by Gasteiger charge is -2.18. The molecule has 1 aromatic carbocycles. The summed E-state index contributed by atoms with van der Waals surface area (Å²) in [4.78, 5) is 0. The molecule has 2 rings (SSSR count). The molecule has 0 heterocycles. The summed E-state index contributed by atoms with van der Waals surface area (Å²) in [6.45, 7) is 3.30. The van der Waals surface area contributed by atoms with E-state index >= 15 is 0 Å². The molecular weight excluding hydrogens is 210 g/mol. The Balaban J connectivity index is 1.90. The number of phenolic OH excluding ortho intramolecular Hbond substituents is 1. The van der Waals surface area contributed by atoms with E-state index in [-0.39, 0.29) is 0 Å². The highest BCUT2D eigenvalue weighted by molar-refractivity contribution is 5.27. The zero-order valence-electron chi connectivity index (χ0n) is 10.7. The summed E-state index contributed by atoms with van der Waals surface area (Å²) < 4.78 is 0. The van der Waals surface area contributed by atoms with Crippen LogP contribution in [0.15, 0.2) is 24.3 Å². The van der Waals surface area contributed by atoms with Crippen molar-refractivity contribution in [2.75, 3.05) is 6.54 Å². The number of aromatic hydroxyl groups is 1. The van der Waals surface area contributed by atoms with Crippen LogP contribution in [0, 0.1) is 5.92 Å². The lowest BCUT2D eigenvalue weighted by Crippen LogP contribution is -2.32. The summed E-state index contributed by atoms with van der Waals surface area (Å²) >= 11 is 0. The molecule has 94 valence electrons. The Morgan fingerprint density at radius 1 is 1.41 bits per heavy atom. The van der Waals surface area contributed by atoms with Crippen LogP contribution in [0.25, 0.3) is 0 Å². The van der Waals surface area contributed by atoms with Crippen LogP contribution in [0.2, 0.25) is 0 Å². The fourth-order valence-electron chi connectivity index (χ4n) is 2.31. The zero-order chi connectivity index (χ0) is 12.1. The van der Waals surface area contributed by atoms with Crippen molar-refractivity contribution in [2.24, 2.45) is 5.92 Å². The molecule has 0 aromatic heterocycles. The van der Waals surface area contributed by atoms with Crippen LogP contribution >= 0.6 is 0 Å². The van der Waals surface area contributed by atoms with Crippen molar-refractivity contribution >= 4 is 0 Å². The van der Waals surface area contributed by atoms with Crippen LogP contribution in [0.1, 0.15) is 38.2 Å². The van der Waals surface area contributed by atoms with Crippen molar-refractivity contribution in [2.45, 2.75) is 45.1 Å². The molecule has 2 nitrogen and oxygen atoms in total. The molecule has 1 unspecified atom stereocenters. The Bertz CT molecular complexity index is 347. The number of rotatable bonds is 7. The molecule has 0 amide bonds. The molecule has 0 spiro atoms. The third-order valence-electron chi connectivity index (χ3n) is 3.39. The molecule has 1 saturated carbocycles. The fourth-order valence-corrected chi connectivity index (χ4v) is 2.31. The standard InChI is InChI=1S/C15H23NO/c1-2-8-16-14(9-12-6-7-12)10-13-4-3-5-15(17)11-13/h3-5,11-12,14,16-17H,2,6-10H2,1H3. The van der Waals surface area contributed by atoms with Crippen LogP contribution in [-0.4, -0.2) is 17.7 Å². The molecule has 1 fully saturated rings. The SMILES string of the molecule is CCCNC(Cc1cccc(O)c1)CC1CC1. The topological polar surface area (TPSA) is 32.3 Å². The van der Waals surface area contributed by atoms with Gasteiger partial charge in [-0.05, 0) is 49.4 Å². The molecule has 0 aliphatic heterocycles. The normalized spacial score (nSPS) is 17.0. The fraction of sp³-hybridized carbons (Fsp3) is 0.600. The second kappa shape index (κ2) is 6.06. The highest BCUT2D eigenvalue weighted by atomic mass is 16.3. The predicted molar refractivity (Wildman–Crippen MR) is 71.2 cm³/mol. The van der Waals surface area contributed by atoms with Gasteiger partial charge in [-0.15, -0.1) is 0 Å². The maximum atomic E-state index is 9.48. The van der Waals surface area contributed by atoms with Crippen LogP contribution in [0.5, 0.6) is 5.75 Å². The van der Waals surface area contributed by atoms with Crippen LogP contribution in [0.3, 0.4) is 0 Å². The second-order valence-corrected chi connectivity index (χ2v) is 5.20. The van der Waals surface area contributed by atoms with Crippen molar-refractivity contribution in [3.8, 4) is 5.75 Å². The van der Waals surface area contributed by atoms with Gasteiger partial charge in [-0.2, -0.15) is 0 Å². The van der Waals surface area contributed by atoms with E-state index in [1.54, 1.807) is 6.07 Å². The van der Waals surface area contributed by atoms with Crippen molar-refractivity contribution < 1.29 is 5.11 Å². The van der Waals surface area contributed by atoms with Gasteiger partial charge >= 0.3 is 0 Å². The first-order valence-corrected chi connectivity index (χ1v) is 6.79. The summed E-state index contributed by atoms with van der Waals surface area (Å²) in [6, 6.07) is 8.22. The Morgan fingerprint density at radius 2 is 2.24 bits per heavy atom. The van der Waals surface area contributed by atoms with Gasteiger partial charge in [0.2, 0.25) is 0 Å². The highest BCUT2D eigenvalue weighted by Gasteiger charge is 2.25. The van der Waals surface area contributed by atoms with Crippen molar-refractivity contribution in [3.63, 3.8) is 0 Å². The molecule has 1 atom stereocenters. The van der Waals surface area contributed by atoms with E-state index < -0.39 is 0 Å². The van der Waals surface area contributed by atoms with Gasteiger partial charge in [0, 0.05) is 6.04 Å². The van der Waals surface area contributed by atoms with Gasteiger partial charge in [0.15, 0.2) is 0 Å². The van der Waals surface area contributed by atoms with E-state index in [0.717, 1.165) is 18.9 Å². The van der Waals surface area contributed by atoms with Gasteiger partial charge in [0.25, 0.3) is 0 Å². The van der Waals surface area contributed by atoms with Crippen molar-refractivity contribution in [3.05, 3.63) is 29.8 Å². The lowest BCUT2D eigenvalue weighted by atomic mass is 10.0. The summed E-state index contributed by atoms with van der Waals surface area (Å²) in [5.74, 6) is 1.32. The minimum absolute atomic E-state index is 0.378. The van der Waals surface area contributed by atoms with E-state index in [1.807, 2.05) is 12.1 Å². The van der Waals surface area contributed by atoms with Crippen LogP contribution in [0.4, 0.5) is 0 Å². The molecule has 2 heteroatoms. The largest absolute Gasteiger partial charge is 0.508 e. The third kappa shape index (κ3) is 4.39. The first-order valence-electron chi connectivity index (χ1n) is 6.79. The number of hydrogen-bond acceptors (Lipinski definition) is 2. The molecule has 1 aliphatic carbocycles. The summed E-state index contributed by atoms with van der Waals surface area (Å²) in [5, 5.41) is 13.1. The average Bonchev–Trinajstić information content (AvgIpc) is 3.10. The predicted octanol–water partition coefficient (Wildman–Crippen LogP) is 3.10. The molecule has 2 N–H and O–H groups in total. The Hall–Kier alpha value is -1.02. The Kier molecular flexibility index (Phi) is 4.43. The molecule has 0 radical (unpaired) electrons. The number of benzene rings is 1. The molecule has 0 saturated heterocycles. The maximum absolute atomic E-state index is 9.48. The van der Waals surface area contributed by atoms with Crippen LogP contribution in [-0.2, 0) is 6.42 Å². The molecule has 0 bridgehead atoms. The average molecular weight is 233 g/mol. The van der Waals surface area contributed by atoms with E-state index in [1.165, 1.54) is 31.2 Å². The molecular formula is C15H23NO. The minimum atomic E-state index is 0.378. The van der Waals surface area contributed by atoms with E-state index in [4.69, 9.17) is 0 Å². The van der Waals surface area contributed by atoms with Gasteiger partial charge in [0.1, 0.15) is 5.75 Å². The summed E-state index contributed by atoms with van der Waals surface area (Å²) in [5.41, 5.74) is 1.24. The Labute approximate surface area is 104 Å². The number of phenols is 1. The second-order valence-electron chi connectivity index (χ2n) is 5.20. The van der Waals surface area contributed by atoms with E-state index in [9.17, 15) is 5.11 Å². The lowest BCUT2D eigenvalue weighted by molar-refractivity contribution is 0.451. The Morgan fingerprint density at radius 3 is 2.88 bits per heavy atom. The molecule has 17 heavy (non-hydrogen) atoms. The molecule has 1 aromatic rings. The van der Waals surface area contributed by atoms with Gasteiger partial charge in [-0.3, -0.25) is 0 Å². The van der Waals surface area contributed by atoms with E-state index in [0.29, 0.717) is 11.8 Å². The summed E-state index contributed by atoms with van der Waals surface area (Å²) in [7, 11) is 0. The smallest absolute Gasteiger partial charge is 0.115 e. The maximum Gasteiger partial charge on any atom is 0.115 e. The van der Waals surface area contributed by atoms with Gasteiger partial charge in [0.05, 0.1) is 0 Å². The van der Waals surface area contributed by atoms with Gasteiger partial charge in [-0.1, -0.05) is 31.9 Å². The number of nitrogens with one attached hydrogen (secondary N) is 1. The van der Waals surface area contributed by atoms with Crippen LogP contribution < -0.4 is 5.32 Å². The monoisotopic (exact) mass is 233 g/mol. The first-order chi connectivity index (χ1) is 8.28. The minimum Gasteiger partial charge on any atom is -0.508 e. The molecule has 1 aliphatic rings. The number of hydrogen-bond donors (Lipinski definition) is 2. The third-order valence-corrected chi connectivity index (χ3v) is 3.39. The van der Waals surface area contributed by atoms with Gasteiger partial charge < -0.3 is 10.4 Å². The zero-order valence-corrected chi connectivity index (χ0v) is 10.7.